The molecular weight excluding hydrogens is 492 g/mol. The number of rotatable bonds is 6. The number of benzene rings is 1. The van der Waals surface area contributed by atoms with Gasteiger partial charge in [0.25, 0.3) is 5.91 Å². The summed E-state index contributed by atoms with van der Waals surface area (Å²) in [6.45, 7) is 2.84. The second kappa shape index (κ2) is 8.71. The molecule has 1 N–H and O–H groups in total. The van der Waals surface area contributed by atoms with E-state index in [-0.39, 0.29) is 17.7 Å². The van der Waals surface area contributed by atoms with Gasteiger partial charge in [-0.25, -0.2) is 18.4 Å². The van der Waals surface area contributed by atoms with Crippen LogP contribution in [0.5, 0.6) is 5.75 Å². The topological polar surface area (TPSA) is 98.3 Å². The number of alkyl halides is 6. The number of ether oxygens (including phenoxy) is 1. The Bertz CT molecular complexity index is 1180. The lowest BCUT2D eigenvalue weighted by Gasteiger charge is -2.44. The molecule has 0 saturated heterocycles. The summed E-state index contributed by atoms with van der Waals surface area (Å²) in [6, 6.07) is 4.56. The maximum atomic E-state index is 13.1. The highest BCUT2D eigenvalue weighted by Crippen LogP contribution is 2.44. The number of sulfone groups is 1. The van der Waals surface area contributed by atoms with Crippen molar-refractivity contribution in [2.75, 3.05) is 0 Å². The summed E-state index contributed by atoms with van der Waals surface area (Å²) >= 11 is 0. The van der Waals surface area contributed by atoms with Gasteiger partial charge in [0.05, 0.1) is 9.64 Å². The zero-order chi connectivity index (χ0) is 25.5. The molecule has 0 aliphatic heterocycles. The van der Waals surface area contributed by atoms with Crippen molar-refractivity contribution in [1.82, 2.24) is 15.3 Å². The average Bonchev–Trinajstić information content (AvgIpc) is 2.68. The molecule has 1 amide bonds. The normalized spacial score (nSPS) is 19.3. The highest BCUT2D eigenvalue weighted by Gasteiger charge is 2.49. The molecule has 2 aromatic rings. The van der Waals surface area contributed by atoms with Crippen molar-refractivity contribution >= 4 is 15.7 Å². The van der Waals surface area contributed by atoms with Crippen LogP contribution < -0.4 is 10.1 Å². The van der Waals surface area contributed by atoms with E-state index in [0.717, 1.165) is 36.5 Å². The third-order valence-corrected chi connectivity index (χ3v) is 8.23. The van der Waals surface area contributed by atoms with E-state index in [1.807, 2.05) is 0 Å². The van der Waals surface area contributed by atoms with Crippen LogP contribution in [-0.4, -0.2) is 41.4 Å². The molecule has 1 heterocycles. The second-order valence-corrected chi connectivity index (χ2v) is 10.8. The van der Waals surface area contributed by atoms with Gasteiger partial charge in [0, 0.05) is 12.2 Å². The first kappa shape index (κ1) is 25.7. The molecule has 1 saturated carbocycles. The van der Waals surface area contributed by atoms with Crippen molar-refractivity contribution in [2.45, 2.75) is 54.9 Å². The maximum Gasteiger partial charge on any atom is 0.573 e. The van der Waals surface area contributed by atoms with Gasteiger partial charge >= 0.3 is 12.5 Å². The SMILES string of the molecule is CC(C)([C@H]1C[C@@H](NC(=O)c2ccnc(C(F)(F)F)n2)C1)S(=O)(=O)c1cccc(OC(F)(F)F)c1. The molecule has 1 aliphatic carbocycles. The summed E-state index contributed by atoms with van der Waals surface area (Å²) in [4.78, 5) is 18.2. The van der Waals surface area contributed by atoms with Crippen molar-refractivity contribution in [3.8, 4) is 5.75 Å². The van der Waals surface area contributed by atoms with Gasteiger partial charge < -0.3 is 10.1 Å². The minimum absolute atomic E-state index is 0.188. The van der Waals surface area contributed by atoms with Crippen molar-refractivity contribution in [3.63, 3.8) is 0 Å². The second-order valence-electron chi connectivity index (χ2n) is 8.23. The van der Waals surface area contributed by atoms with Crippen molar-refractivity contribution < 1.29 is 44.3 Å². The molecule has 0 bridgehead atoms. The van der Waals surface area contributed by atoms with Crippen LogP contribution in [0.25, 0.3) is 0 Å². The molecular formula is C20H19F6N3O4S. The predicted molar refractivity (Wildman–Crippen MR) is 105 cm³/mol. The van der Waals surface area contributed by atoms with E-state index in [4.69, 9.17) is 0 Å². The van der Waals surface area contributed by atoms with E-state index < -0.39 is 62.3 Å². The molecule has 1 aromatic heterocycles. The standard InChI is InChI=1S/C20H19F6N3O4S/c1-18(2,34(31,32)14-5-3-4-13(10-14)33-20(24,25)26)11-8-12(9-11)28-16(30)15-6-7-27-17(29-15)19(21,22)23/h3-7,10-12H,8-9H2,1-2H3,(H,28,30)/t11-,12+. The van der Waals surface area contributed by atoms with Gasteiger partial charge in [0.2, 0.25) is 5.82 Å². The first-order valence-corrected chi connectivity index (χ1v) is 11.3. The summed E-state index contributed by atoms with van der Waals surface area (Å²) < 4.78 is 104. The Morgan fingerprint density at radius 2 is 1.74 bits per heavy atom. The maximum absolute atomic E-state index is 13.1. The van der Waals surface area contributed by atoms with Crippen LogP contribution in [0.1, 0.15) is 43.0 Å². The van der Waals surface area contributed by atoms with E-state index >= 15 is 0 Å². The summed E-state index contributed by atoms with van der Waals surface area (Å²) in [7, 11) is -4.11. The van der Waals surface area contributed by atoms with Crippen LogP contribution >= 0.6 is 0 Å². The Morgan fingerprint density at radius 3 is 2.32 bits per heavy atom. The van der Waals surface area contributed by atoms with Gasteiger partial charge in [0.15, 0.2) is 9.84 Å². The van der Waals surface area contributed by atoms with Gasteiger partial charge in [-0.3, -0.25) is 4.79 Å². The van der Waals surface area contributed by atoms with Crippen molar-refractivity contribution in [3.05, 3.63) is 48.0 Å². The van der Waals surface area contributed by atoms with E-state index in [0.29, 0.717) is 0 Å². The highest BCUT2D eigenvalue weighted by molar-refractivity contribution is 7.92. The third kappa shape index (κ3) is 5.42. The third-order valence-electron chi connectivity index (χ3n) is 5.64. The lowest BCUT2D eigenvalue weighted by molar-refractivity contribution is -0.274. The average molecular weight is 511 g/mol. The van der Waals surface area contributed by atoms with Crippen LogP contribution in [0.4, 0.5) is 26.3 Å². The van der Waals surface area contributed by atoms with Gasteiger partial charge in [-0.15, -0.1) is 13.2 Å². The van der Waals surface area contributed by atoms with Crippen molar-refractivity contribution in [1.29, 1.82) is 0 Å². The summed E-state index contributed by atoms with van der Waals surface area (Å²) in [5, 5.41) is 2.50. The first-order valence-electron chi connectivity index (χ1n) is 9.82. The zero-order valence-electron chi connectivity index (χ0n) is 17.7. The number of hydrogen-bond acceptors (Lipinski definition) is 6. The number of amides is 1. The molecule has 1 aromatic carbocycles. The van der Waals surface area contributed by atoms with Crippen molar-refractivity contribution in [2.24, 2.45) is 5.92 Å². The Kier molecular flexibility index (Phi) is 6.59. The predicted octanol–water partition coefficient (Wildman–Crippen LogP) is 4.15. The molecule has 186 valence electrons. The van der Waals surface area contributed by atoms with Crippen LogP contribution in [0.3, 0.4) is 0 Å². The minimum Gasteiger partial charge on any atom is -0.406 e. The number of halogens is 6. The van der Waals surface area contributed by atoms with E-state index in [9.17, 15) is 39.6 Å². The van der Waals surface area contributed by atoms with Crippen LogP contribution in [0.2, 0.25) is 0 Å². The van der Waals surface area contributed by atoms with Gasteiger partial charge in [-0.1, -0.05) is 6.07 Å². The van der Waals surface area contributed by atoms with Crippen LogP contribution in [0, 0.1) is 5.92 Å². The molecule has 14 heteroatoms. The quantitative estimate of drug-likeness (QED) is 0.585. The molecule has 1 fully saturated rings. The molecule has 3 rings (SSSR count). The van der Waals surface area contributed by atoms with E-state index in [1.54, 1.807) is 0 Å². The Hall–Kier alpha value is -2.90. The number of hydrogen-bond donors (Lipinski definition) is 1. The smallest absolute Gasteiger partial charge is 0.406 e. The Morgan fingerprint density at radius 1 is 1.09 bits per heavy atom. The number of nitrogens with one attached hydrogen (secondary N) is 1. The number of carbonyl (C=O) groups is 1. The molecule has 7 nitrogen and oxygen atoms in total. The first-order chi connectivity index (χ1) is 15.5. The van der Waals surface area contributed by atoms with E-state index in [2.05, 4.69) is 20.0 Å². The lowest BCUT2D eigenvalue weighted by atomic mass is 9.73. The summed E-state index contributed by atoms with van der Waals surface area (Å²) in [6.07, 6.45) is -8.62. The minimum atomic E-state index is -4.98. The zero-order valence-corrected chi connectivity index (χ0v) is 18.6. The number of nitrogens with zero attached hydrogens (tertiary/aromatic N) is 2. The summed E-state index contributed by atoms with van der Waals surface area (Å²) in [5.41, 5.74) is -0.487. The highest BCUT2D eigenvalue weighted by atomic mass is 32.2. The molecule has 0 atom stereocenters. The van der Waals surface area contributed by atoms with Crippen LogP contribution in [0.15, 0.2) is 41.4 Å². The van der Waals surface area contributed by atoms with Gasteiger partial charge in [0.1, 0.15) is 11.4 Å². The Labute approximate surface area is 190 Å². The number of carbonyl (C=O) groups excluding carboxylic acids is 1. The molecule has 34 heavy (non-hydrogen) atoms. The monoisotopic (exact) mass is 511 g/mol. The number of aromatic nitrogens is 2. The fraction of sp³-hybridized carbons (Fsp3) is 0.450. The fourth-order valence-electron chi connectivity index (χ4n) is 3.55. The fourth-order valence-corrected chi connectivity index (χ4v) is 5.31. The molecule has 1 aliphatic rings. The lowest BCUT2D eigenvalue weighted by Crippen LogP contribution is -2.53. The largest absolute Gasteiger partial charge is 0.573 e. The van der Waals surface area contributed by atoms with Crippen LogP contribution in [-0.2, 0) is 16.0 Å². The van der Waals surface area contributed by atoms with E-state index in [1.165, 1.54) is 13.8 Å². The molecule has 0 unspecified atom stereocenters. The summed E-state index contributed by atoms with van der Waals surface area (Å²) in [5.74, 6) is -3.48. The Balaban J connectivity index is 1.68. The van der Waals surface area contributed by atoms with Gasteiger partial charge in [-0.05, 0) is 56.9 Å². The molecule has 0 radical (unpaired) electrons. The van der Waals surface area contributed by atoms with Gasteiger partial charge in [-0.2, -0.15) is 13.2 Å². The molecule has 0 spiro atoms.